The van der Waals surface area contributed by atoms with Crippen molar-refractivity contribution in [1.82, 2.24) is 0 Å². The number of hydrogen-bond acceptors (Lipinski definition) is 1. The summed E-state index contributed by atoms with van der Waals surface area (Å²) < 4.78 is 0. The van der Waals surface area contributed by atoms with E-state index in [1.807, 2.05) is 11.3 Å². The van der Waals surface area contributed by atoms with Crippen LogP contribution in [0.2, 0.25) is 0 Å². The number of rotatable bonds is 0. The number of aryl methyl sites for hydroxylation is 3. The summed E-state index contributed by atoms with van der Waals surface area (Å²) in [5.41, 5.74) is 1.62. The Morgan fingerprint density at radius 1 is 1.08 bits per heavy atom. The highest BCUT2D eigenvalue weighted by atomic mass is 32.1. The van der Waals surface area contributed by atoms with Gasteiger partial charge in [-0.1, -0.05) is 12.8 Å². The van der Waals surface area contributed by atoms with Crippen LogP contribution >= 0.6 is 11.3 Å². The van der Waals surface area contributed by atoms with Gasteiger partial charge in [0, 0.05) is 9.75 Å². The number of hydrogen-bond donors (Lipinski definition) is 0. The maximum atomic E-state index is 2.44. The van der Waals surface area contributed by atoms with Gasteiger partial charge in [0.2, 0.25) is 0 Å². The molecule has 1 aromatic rings. The van der Waals surface area contributed by atoms with Crippen molar-refractivity contribution in [2.75, 3.05) is 0 Å². The molecule has 1 aliphatic carbocycles. The fraction of sp³-hybridized carbons (Fsp3) is 0.636. The Balaban J connectivity index is 2.23. The van der Waals surface area contributed by atoms with Crippen molar-refractivity contribution < 1.29 is 0 Å². The fourth-order valence-corrected chi connectivity index (χ4v) is 3.06. The Labute approximate surface area is 78.6 Å². The molecule has 1 heterocycles. The summed E-state index contributed by atoms with van der Waals surface area (Å²) in [6.45, 7) is 2.27. The first-order valence-corrected chi connectivity index (χ1v) is 5.76. The molecule has 1 aliphatic rings. The summed E-state index contributed by atoms with van der Waals surface area (Å²) in [5, 5.41) is 0. The van der Waals surface area contributed by atoms with E-state index < -0.39 is 0 Å². The molecule has 0 N–H and O–H groups in total. The fourth-order valence-electron chi connectivity index (χ4n) is 1.93. The largest absolute Gasteiger partial charge is 0.145 e. The van der Waals surface area contributed by atoms with E-state index in [1.54, 1.807) is 15.3 Å². The molecule has 1 aromatic heterocycles. The van der Waals surface area contributed by atoms with E-state index in [-0.39, 0.29) is 0 Å². The second-order valence-corrected chi connectivity index (χ2v) is 5.05. The molecule has 66 valence electrons. The molecule has 0 aromatic carbocycles. The van der Waals surface area contributed by atoms with Gasteiger partial charge in [-0.15, -0.1) is 11.3 Å². The summed E-state index contributed by atoms with van der Waals surface area (Å²) in [7, 11) is 0. The molecule has 0 aliphatic heterocycles. The Bertz CT molecular complexity index is 260. The summed E-state index contributed by atoms with van der Waals surface area (Å²) in [6.07, 6.45) is 8.32. The van der Waals surface area contributed by atoms with Crippen molar-refractivity contribution in [2.45, 2.75) is 45.4 Å². The maximum Gasteiger partial charge on any atom is 0.00509 e. The van der Waals surface area contributed by atoms with E-state index in [4.69, 9.17) is 0 Å². The molecule has 0 fully saturated rings. The first-order valence-electron chi connectivity index (χ1n) is 4.94. The van der Waals surface area contributed by atoms with Gasteiger partial charge in [-0.25, -0.2) is 0 Å². The molecule has 0 atom stereocenters. The lowest BCUT2D eigenvalue weighted by molar-refractivity contribution is 0.648. The van der Waals surface area contributed by atoms with E-state index >= 15 is 0 Å². The Morgan fingerprint density at radius 2 is 1.83 bits per heavy atom. The highest BCUT2D eigenvalue weighted by Crippen LogP contribution is 2.26. The zero-order chi connectivity index (χ0) is 8.39. The third-order valence-electron chi connectivity index (χ3n) is 2.69. The van der Waals surface area contributed by atoms with E-state index in [1.165, 1.54) is 38.5 Å². The molecule has 0 nitrogen and oxygen atoms in total. The average molecular weight is 180 g/mol. The molecule has 2 rings (SSSR count). The van der Waals surface area contributed by atoms with Crippen molar-refractivity contribution in [3.8, 4) is 0 Å². The van der Waals surface area contributed by atoms with Crippen molar-refractivity contribution >= 4 is 11.3 Å². The van der Waals surface area contributed by atoms with Crippen LogP contribution in [0.4, 0.5) is 0 Å². The van der Waals surface area contributed by atoms with Gasteiger partial charge in [-0.05, 0) is 44.2 Å². The molecule has 0 saturated carbocycles. The Morgan fingerprint density at radius 3 is 2.67 bits per heavy atom. The molecule has 0 amide bonds. The van der Waals surface area contributed by atoms with Gasteiger partial charge < -0.3 is 0 Å². The lowest BCUT2D eigenvalue weighted by Crippen LogP contribution is -1.84. The molecule has 1 heteroatoms. The predicted molar refractivity (Wildman–Crippen MR) is 54.9 cm³/mol. The van der Waals surface area contributed by atoms with E-state index in [0.717, 1.165) is 0 Å². The predicted octanol–water partition coefficient (Wildman–Crippen LogP) is 3.72. The molecule has 0 spiro atoms. The van der Waals surface area contributed by atoms with E-state index in [0.29, 0.717) is 0 Å². The summed E-state index contributed by atoms with van der Waals surface area (Å²) >= 11 is 2.01. The first kappa shape index (κ1) is 8.31. The average Bonchev–Trinajstić information content (AvgIpc) is 2.44. The molecule has 0 radical (unpaired) electrons. The van der Waals surface area contributed by atoms with Crippen molar-refractivity contribution in [3.05, 3.63) is 21.4 Å². The molecular formula is C11H16S. The van der Waals surface area contributed by atoms with Gasteiger partial charge in [0.05, 0.1) is 0 Å². The van der Waals surface area contributed by atoms with Crippen LogP contribution in [0.3, 0.4) is 0 Å². The minimum absolute atomic E-state index is 1.32. The van der Waals surface area contributed by atoms with Crippen LogP contribution in [-0.4, -0.2) is 0 Å². The third-order valence-corrected chi connectivity index (χ3v) is 3.84. The van der Waals surface area contributed by atoms with Crippen LogP contribution < -0.4 is 0 Å². The van der Waals surface area contributed by atoms with Gasteiger partial charge in [-0.2, -0.15) is 0 Å². The second-order valence-electron chi connectivity index (χ2n) is 3.71. The quantitative estimate of drug-likeness (QED) is 0.571. The van der Waals surface area contributed by atoms with Gasteiger partial charge >= 0.3 is 0 Å². The van der Waals surface area contributed by atoms with Crippen LogP contribution in [0.15, 0.2) is 6.07 Å². The summed E-state index contributed by atoms with van der Waals surface area (Å²) in [5.74, 6) is 0. The van der Waals surface area contributed by atoms with Crippen molar-refractivity contribution in [2.24, 2.45) is 0 Å². The molecular weight excluding hydrogens is 164 g/mol. The smallest absolute Gasteiger partial charge is 0.00509 e. The maximum absolute atomic E-state index is 2.44. The van der Waals surface area contributed by atoms with E-state index in [2.05, 4.69) is 13.0 Å². The molecule has 12 heavy (non-hydrogen) atoms. The minimum Gasteiger partial charge on any atom is -0.145 e. The van der Waals surface area contributed by atoms with Crippen molar-refractivity contribution in [3.63, 3.8) is 0 Å². The van der Waals surface area contributed by atoms with Gasteiger partial charge in [-0.3, -0.25) is 0 Å². The normalized spacial score (nSPS) is 18.1. The molecule has 2 bridgehead atoms. The van der Waals surface area contributed by atoms with Gasteiger partial charge in [0.1, 0.15) is 0 Å². The highest BCUT2D eigenvalue weighted by Gasteiger charge is 2.07. The lowest BCUT2D eigenvalue weighted by Gasteiger charge is -2.00. The van der Waals surface area contributed by atoms with Crippen molar-refractivity contribution in [1.29, 1.82) is 0 Å². The van der Waals surface area contributed by atoms with Gasteiger partial charge in [0.25, 0.3) is 0 Å². The standard InChI is InChI=1S/C11H16S/c1-9-10-6-4-2-3-5-7-11(8-10)12-9/h8H,2-7H2,1H3. The SMILES string of the molecule is Cc1sc2cc1CCCCCC2. The van der Waals surface area contributed by atoms with Gasteiger partial charge in [0.15, 0.2) is 0 Å². The zero-order valence-corrected chi connectivity index (χ0v) is 8.54. The molecule has 0 saturated heterocycles. The topological polar surface area (TPSA) is 0 Å². The van der Waals surface area contributed by atoms with Crippen LogP contribution in [0, 0.1) is 6.92 Å². The Kier molecular flexibility index (Phi) is 2.50. The summed E-state index contributed by atoms with van der Waals surface area (Å²) in [4.78, 5) is 3.18. The molecule has 0 unspecified atom stereocenters. The second kappa shape index (κ2) is 3.61. The van der Waals surface area contributed by atoms with Crippen LogP contribution in [0.5, 0.6) is 0 Å². The van der Waals surface area contributed by atoms with Crippen LogP contribution in [0.25, 0.3) is 0 Å². The minimum atomic E-state index is 1.32. The number of fused-ring (bicyclic) bond motifs is 2. The van der Waals surface area contributed by atoms with E-state index in [9.17, 15) is 0 Å². The third kappa shape index (κ3) is 1.71. The Hall–Kier alpha value is -0.300. The summed E-state index contributed by atoms with van der Waals surface area (Å²) in [6, 6.07) is 2.44. The van der Waals surface area contributed by atoms with Crippen LogP contribution in [0.1, 0.15) is 41.0 Å². The zero-order valence-electron chi connectivity index (χ0n) is 7.73. The number of thiophene rings is 1. The monoisotopic (exact) mass is 180 g/mol. The first-order chi connectivity index (χ1) is 5.86. The lowest BCUT2D eigenvalue weighted by atomic mass is 10.1. The van der Waals surface area contributed by atoms with Crippen LogP contribution in [-0.2, 0) is 12.8 Å². The highest BCUT2D eigenvalue weighted by molar-refractivity contribution is 7.12.